The minimum Gasteiger partial charge on any atom is -0.371 e. The number of fused-ring (bicyclic) bond motifs is 1. The van der Waals surface area contributed by atoms with Gasteiger partial charge in [0.2, 0.25) is 0 Å². The SMILES string of the molecule is C=CC1(CN(CCC)c2ccc(C)cc2)CCN(Cc2cn(C(C)C)c3ccc(-c4ccc(C)cc4C)cc23)CC1. The maximum atomic E-state index is 4.35. The third-order valence-electron chi connectivity index (χ3n) is 9.24. The van der Waals surface area contributed by atoms with Crippen LogP contribution < -0.4 is 4.90 Å². The molecule has 0 unspecified atom stereocenters. The van der Waals surface area contributed by atoms with E-state index in [4.69, 9.17) is 0 Å². The Hall–Kier alpha value is -3.30. The predicted octanol–water partition coefficient (Wildman–Crippen LogP) is 9.50. The molecule has 1 saturated heterocycles. The topological polar surface area (TPSA) is 11.4 Å². The average molecular weight is 548 g/mol. The summed E-state index contributed by atoms with van der Waals surface area (Å²) in [6.45, 7) is 23.1. The van der Waals surface area contributed by atoms with E-state index in [9.17, 15) is 0 Å². The number of hydrogen-bond donors (Lipinski definition) is 0. The van der Waals surface area contributed by atoms with Crippen molar-refractivity contribution in [1.29, 1.82) is 0 Å². The molecule has 41 heavy (non-hydrogen) atoms. The molecular weight excluding hydrogens is 498 g/mol. The highest BCUT2D eigenvalue weighted by atomic mass is 15.2. The van der Waals surface area contributed by atoms with Gasteiger partial charge in [0, 0.05) is 53.9 Å². The maximum absolute atomic E-state index is 4.35. The summed E-state index contributed by atoms with van der Waals surface area (Å²) in [7, 11) is 0. The van der Waals surface area contributed by atoms with Gasteiger partial charge in [-0.3, -0.25) is 4.90 Å². The highest BCUT2D eigenvalue weighted by molar-refractivity contribution is 5.89. The lowest BCUT2D eigenvalue weighted by atomic mass is 9.77. The Labute approximate surface area is 248 Å². The summed E-state index contributed by atoms with van der Waals surface area (Å²) >= 11 is 0. The molecule has 0 saturated carbocycles. The monoisotopic (exact) mass is 547 g/mol. The number of nitrogens with zero attached hydrogens (tertiary/aromatic N) is 3. The van der Waals surface area contributed by atoms with Crippen LogP contribution in [0.25, 0.3) is 22.0 Å². The van der Waals surface area contributed by atoms with E-state index >= 15 is 0 Å². The van der Waals surface area contributed by atoms with Gasteiger partial charge in [-0.05, 0) is 113 Å². The first kappa shape index (κ1) is 29.2. The van der Waals surface area contributed by atoms with Crippen molar-refractivity contribution < 1.29 is 0 Å². The van der Waals surface area contributed by atoms with Crippen molar-refractivity contribution in [1.82, 2.24) is 9.47 Å². The summed E-state index contributed by atoms with van der Waals surface area (Å²) in [5.41, 5.74) is 10.9. The van der Waals surface area contributed by atoms with Crippen molar-refractivity contribution in [3.8, 4) is 11.1 Å². The number of likely N-dealkylation sites (tertiary alicyclic amines) is 1. The van der Waals surface area contributed by atoms with Crippen LogP contribution in [-0.2, 0) is 6.54 Å². The lowest BCUT2D eigenvalue weighted by Gasteiger charge is -2.43. The third kappa shape index (κ3) is 6.31. The Morgan fingerprint density at radius 3 is 2.27 bits per heavy atom. The summed E-state index contributed by atoms with van der Waals surface area (Å²) in [6.07, 6.45) is 8.13. The van der Waals surface area contributed by atoms with Crippen LogP contribution in [0.2, 0.25) is 0 Å². The quantitative estimate of drug-likeness (QED) is 0.183. The number of hydrogen-bond acceptors (Lipinski definition) is 2. The second-order valence-electron chi connectivity index (χ2n) is 12.8. The normalized spacial score (nSPS) is 15.5. The summed E-state index contributed by atoms with van der Waals surface area (Å²) in [5.74, 6) is 0. The van der Waals surface area contributed by atoms with E-state index in [1.807, 2.05) is 0 Å². The van der Waals surface area contributed by atoms with Crippen LogP contribution >= 0.6 is 0 Å². The van der Waals surface area contributed by atoms with Gasteiger partial charge in [0.05, 0.1) is 0 Å². The molecule has 1 aliphatic heterocycles. The zero-order valence-electron chi connectivity index (χ0n) is 26.2. The zero-order valence-corrected chi connectivity index (χ0v) is 26.2. The van der Waals surface area contributed by atoms with Crippen LogP contribution in [-0.4, -0.2) is 35.6 Å². The molecule has 2 heterocycles. The van der Waals surface area contributed by atoms with Crippen molar-refractivity contribution in [2.24, 2.45) is 5.41 Å². The Morgan fingerprint density at radius 2 is 1.63 bits per heavy atom. The van der Waals surface area contributed by atoms with Gasteiger partial charge < -0.3 is 9.47 Å². The number of benzene rings is 3. The van der Waals surface area contributed by atoms with Gasteiger partial charge in [0.15, 0.2) is 0 Å². The smallest absolute Gasteiger partial charge is 0.0486 e. The van der Waals surface area contributed by atoms with Crippen LogP contribution in [0.5, 0.6) is 0 Å². The molecule has 3 nitrogen and oxygen atoms in total. The Bertz CT molecular complexity index is 1480. The van der Waals surface area contributed by atoms with Gasteiger partial charge in [-0.2, -0.15) is 0 Å². The number of aryl methyl sites for hydroxylation is 3. The molecule has 1 aliphatic rings. The fourth-order valence-electron chi connectivity index (χ4n) is 6.71. The largest absolute Gasteiger partial charge is 0.371 e. The third-order valence-corrected chi connectivity index (χ3v) is 9.24. The molecule has 1 fully saturated rings. The van der Waals surface area contributed by atoms with Gasteiger partial charge in [-0.25, -0.2) is 0 Å². The minimum atomic E-state index is 0.151. The molecule has 3 heteroatoms. The van der Waals surface area contributed by atoms with Crippen LogP contribution in [0.3, 0.4) is 0 Å². The van der Waals surface area contributed by atoms with Crippen molar-refractivity contribution in [2.45, 2.75) is 73.4 Å². The molecule has 0 spiro atoms. The summed E-state index contributed by atoms with van der Waals surface area (Å²) in [5, 5.41) is 1.39. The molecule has 0 radical (unpaired) electrons. The molecule has 4 aromatic rings. The molecule has 0 atom stereocenters. The molecule has 5 rings (SSSR count). The number of piperidine rings is 1. The first-order valence-electron chi connectivity index (χ1n) is 15.6. The maximum Gasteiger partial charge on any atom is 0.0486 e. The number of rotatable bonds is 10. The van der Waals surface area contributed by atoms with Gasteiger partial charge in [-0.15, -0.1) is 6.58 Å². The summed E-state index contributed by atoms with van der Waals surface area (Å²) in [6, 6.07) is 23.3. The molecule has 0 N–H and O–H groups in total. The number of aromatic nitrogens is 1. The highest BCUT2D eigenvalue weighted by Gasteiger charge is 2.34. The zero-order chi connectivity index (χ0) is 29.1. The van der Waals surface area contributed by atoms with Gasteiger partial charge in [-0.1, -0.05) is 60.5 Å². The first-order chi connectivity index (χ1) is 19.7. The van der Waals surface area contributed by atoms with Crippen molar-refractivity contribution in [3.05, 3.63) is 102 Å². The molecule has 0 aliphatic carbocycles. The molecule has 3 aromatic carbocycles. The summed E-state index contributed by atoms with van der Waals surface area (Å²) in [4.78, 5) is 5.25. The minimum absolute atomic E-state index is 0.151. The standard InChI is InChI=1S/C38H49N3/c1-8-20-40(34-14-10-29(5)11-15-34)27-38(9-2)18-21-39(22-19-38)25-33-26-41(28(3)4)37-17-13-32(24-36(33)37)35-16-12-30(6)23-31(35)7/h9-17,23-24,26,28H,2,8,18-22,25,27H2,1,3-7H3. The van der Waals surface area contributed by atoms with Gasteiger partial charge in [0.1, 0.15) is 0 Å². The van der Waals surface area contributed by atoms with E-state index in [1.54, 1.807) is 0 Å². The first-order valence-corrected chi connectivity index (χ1v) is 15.6. The second kappa shape index (κ2) is 12.3. The Balaban J connectivity index is 1.36. The number of anilines is 1. The highest BCUT2D eigenvalue weighted by Crippen LogP contribution is 2.37. The molecular formula is C38H49N3. The van der Waals surface area contributed by atoms with E-state index < -0.39 is 0 Å². The molecule has 216 valence electrons. The molecule has 0 amide bonds. The van der Waals surface area contributed by atoms with E-state index in [1.165, 1.54) is 50.0 Å². The fourth-order valence-corrected chi connectivity index (χ4v) is 6.71. The molecule has 1 aromatic heterocycles. The van der Waals surface area contributed by atoms with Crippen molar-refractivity contribution in [2.75, 3.05) is 31.1 Å². The van der Waals surface area contributed by atoms with E-state index in [0.717, 1.165) is 52.0 Å². The van der Waals surface area contributed by atoms with Crippen LogP contribution in [0.1, 0.15) is 68.3 Å². The Kier molecular flexibility index (Phi) is 8.75. The lowest BCUT2D eigenvalue weighted by molar-refractivity contribution is 0.137. The van der Waals surface area contributed by atoms with Gasteiger partial charge >= 0.3 is 0 Å². The summed E-state index contributed by atoms with van der Waals surface area (Å²) < 4.78 is 2.46. The van der Waals surface area contributed by atoms with E-state index in [0.29, 0.717) is 6.04 Å². The average Bonchev–Trinajstić information content (AvgIpc) is 3.32. The van der Waals surface area contributed by atoms with E-state index in [-0.39, 0.29) is 5.41 Å². The van der Waals surface area contributed by atoms with Crippen LogP contribution in [0.15, 0.2) is 79.5 Å². The molecule has 0 bridgehead atoms. The Morgan fingerprint density at radius 1 is 0.927 bits per heavy atom. The second-order valence-corrected chi connectivity index (χ2v) is 12.8. The van der Waals surface area contributed by atoms with Crippen LogP contribution in [0, 0.1) is 26.2 Å². The lowest BCUT2D eigenvalue weighted by Crippen LogP contribution is -2.45. The van der Waals surface area contributed by atoms with Crippen molar-refractivity contribution >= 4 is 16.6 Å². The van der Waals surface area contributed by atoms with E-state index in [2.05, 4.69) is 135 Å². The van der Waals surface area contributed by atoms with Crippen molar-refractivity contribution in [3.63, 3.8) is 0 Å². The fraction of sp³-hybridized carbons (Fsp3) is 0.421. The predicted molar refractivity (Wildman–Crippen MR) is 178 cm³/mol. The van der Waals surface area contributed by atoms with Gasteiger partial charge in [0.25, 0.3) is 0 Å². The van der Waals surface area contributed by atoms with Crippen LogP contribution in [0.4, 0.5) is 5.69 Å².